The second-order valence-electron chi connectivity index (χ2n) is 8.07. The molecule has 1 fully saturated rings. The molecule has 8 nitrogen and oxygen atoms in total. The van der Waals surface area contributed by atoms with Crippen LogP contribution in [0.3, 0.4) is 0 Å². The van der Waals surface area contributed by atoms with Gasteiger partial charge in [0.05, 0.1) is 19.6 Å². The number of benzene rings is 1. The highest BCUT2D eigenvalue weighted by molar-refractivity contribution is 5.80. The van der Waals surface area contributed by atoms with Gasteiger partial charge < -0.3 is 24.3 Å². The number of hydrogen-bond donors (Lipinski definition) is 1. The van der Waals surface area contributed by atoms with Crippen molar-refractivity contribution in [3.8, 4) is 11.5 Å². The molecule has 4 heterocycles. The van der Waals surface area contributed by atoms with Crippen LogP contribution in [0.25, 0.3) is 0 Å². The maximum atomic E-state index is 13.2. The number of carbonyl (C=O) groups is 1. The van der Waals surface area contributed by atoms with Crippen molar-refractivity contribution in [3.63, 3.8) is 0 Å². The molecule has 154 valence electrons. The number of amides is 1. The van der Waals surface area contributed by atoms with Crippen LogP contribution < -0.4 is 14.8 Å². The molecule has 29 heavy (non-hydrogen) atoms. The van der Waals surface area contributed by atoms with Gasteiger partial charge in [0, 0.05) is 19.0 Å². The minimum absolute atomic E-state index is 0.135. The van der Waals surface area contributed by atoms with E-state index in [1.54, 1.807) is 7.11 Å². The Morgan fingerprint density at radius 3 is 2.93 bits per heavy atom. The van der Waals surface area contributed by atoms with E-state index in [0.717, 1.165) is 61.2 Å². The fourth-order valence-electron chi connectivity index (χ4n) is 4.72. The number of nitrogens with zero attached hydrogens (tertiary/aromatic N) is 4. The normalized spacial score (nSPS) is 21.8. The summed E-state index contributed by atoms with van der Waals surface area (Å²) in [6.45, 7) is 4.44. The standard InChI is InChI=1S/C21H27N5O3/c1-28-17-4-2-3-15-11-16(13-29-19(15)17)21(27)25-9-10-26-18(12-25)23-24-20(26)14-5-7-22-8-6-14/h2-4,14,16,22H,5-13H2,1H3/t16-/m1/s1. The molecule has 0 saturated carbocycles. The number of hydrogen-bond acceptors (Lipinski definition) is 6. The van der Waals surface area contributed by atoms with Gasteiger partial charge in [0.2, 0.25) is 5.91 Å². The van der Waals surface area contributed by atoms with Gasteiger partial charge in [0.25, 0.3) is 0 Å². The van der Waals surface area contributed by atoms with E-state index in [1.807, 2.05) is 23.1 Å². The summed E-state index contributed by atoms with van der Waals surface area (Å²) in [5.74, 6) is 3.92. The summed E-state index contributed by atoms with van der Waals surface area (Å²) in [5, 5.41) is 12.3. The van der Waals surface area contributed by atoms with E-state index >= 15 is 0 Å². The fraction of sp³-hybridized carbons (Fsp3) is 0.571. The number of rotatable bonds is 3. The van der Waals surface area contributed by atoms with E-state index in [2.05, 4.69) is 20.1 Å². The molecule has 1 aromatic carbocycles. The van der Waals surface area contributed by atoms with Crippen molar-refractivity contribution >= 4 is 5.91 Å². The Morgan fingerprint density at radius 1 is 1.24 bits per heavy atom. The van der Waals surface area contributed by atoms with E-state index < -0.39 is 0 Å². The third-order valence-electron chi connectivity index (χ3n) is 6.32. The van der Waals surface area contributed by atoms with Crippen molar-refractivity contribution in [3.05, 3.63) is 35.4 Å². The maximum absolute atomic E-state index is 13.2. The molecule has 0 unspecified atom stereocenters. The lowest BCUT2D eigenvalue weighted by Gasteiger charge is -2.33. The molecule has 1 saturated heterocycles. The van der Waals surface area contributed by atoms with Crippen LogP contribution in [0.4, 0.5) is 0 Å². The third-order valence-corrected chi connectivity index (χ3v) is 6.32. The summed E-state index contributed by atoms with van der Waals surface area (Å²) < 4.78 is 13.5. The summed E-state index contributed by atoms with van der Waals surface area (Å²) in [7, 11) is 1.64. The number of ether oxygens (including phenoxy) is 2. The highest BCUT2D eigenvalue weighted by Gasteiger charge is 2.34. The Kier molecular flexibility index (Phi) is 4.87. The van der Waals surface area contributed by atoms with Gasteiger partial charge in [-0.05, 0) is 44.0 Å². The summed E-state index contributed by atoms with van der Waals surface area (Å²) in [6, 6.07) is 5.84. The Balaban J connectivity index is 1.28. The zero-order chi connectivity index (χ0) is 19.8. The van der Waals surface area contributed by atoms with E-state index in [1.165, 1.54) is 0 Å². The van der Waals surface area contributed by atoms with Crippen LogP contribution in [0.2, 0.25) is 0 Å². The molecule has 1 aromatic heterocycles. The molecule has 1 N–H and O–H groups in total. The first-order valence-electron chi connectivity index (χ1n) is 10.4. The summed E-state index contributed by atoms with van der Waals surface area (Å²) in [6.07, 6.45) is 2.88. The first-order valence-corrected chi connectivity index (χ1v) is 10.4. The Bertz CT molecular complexity index is 906. The number of fused-ring (bicyclic) bond motifs is 2. The van der Waals surface area contributed by atoms with E-state index in [4.69, 9.17) is 9.47 Å². The van der Waals surface area contributed by atoms with E-state index in [0.29, 0.717) is 32.0 Å². The van der Waals surface area contributed by atoms with Gasteiger partial charge in [-0.2, -0.15) is 0 Å². The molecule has 1 amide bonds. The maximum Gasteiger partial charge on any atom is 0.229 e. The SMILES string of the molecule is COc1cccc2c1OC[C@H](C(=O)N1CCn3c(nnc3C3CCNCC3)C1)C2. The van der Waals surface area contributed by atoms with Crippen molar-refractivity contribution in [2.45, 2.75) is 38.3 Å². The molecule has 0 aliphatic carbocycles. The fourth-order valence-corrected chi connectivity index (χ4v) is 4.72. The Labute approximate surface area is 170 Å². The Hall–Kier alpha value is -2.61. The zero-order valence-corrected chi connectivity index (χ0v) is 16.8. The number of aromatic nitrogens is 3. The molecular weight excluding hydrogens is 370 g/mol. The van der Waals surface area contributed by atoms with Crippen molar-refractivity contribution in [2.75, 3.05) is 33.4 Å². The molecule has 0 bridgehead atoms. The molecule has 3 aliphatic heterocycles. The molecule has 1 atom stereocenters. The van der Waals surface area contributed by atoms with Gasteiger partial charge in [0.15, 0.2) is 17.3 Å². The minimum Gasteiger partial charge on any atom is -0.493 e. The molecule has 8 heteroatoms. The number of nitrogens with one attached hydrogen (secondary N) is 1. The highest BCUT2D eigenvalue weighted by Crippen LogP contribution is 2.36. The van der Waals surface area contributed by atoms with Crippen molar-refractivity contribution in [2.24, 2.45) is 5.92 Å². The number of piperidine rings is 1. The van der Waals surface area contributed by atoms with Gasteiger partial charge in [-0.15, -0.1) is 10.2 Å². The van der Waals surface area contributed by atoms with Crippen LogP contribution in [0.5, 0.6) is 11.5 Å². The summed E-state index contributed by atoms with van der Waals surface area (Å²) >= 11 is 0. The van der Waals surface area contributed by atoms with Gasteiger partial charge >= 0.3 is 0 Å². The second kappa shape index (κ2) is 7.67. The van der Waals surface area contributed by atoms with Crippen LogP contribution in [0.1, 0.15) is 36.0 Å². The quantitative estimate of drug-likeness (QED) is 0.842. The van der Waals surface area contributed by atoms with Crippen molar-refractivity contribution in [1.29, 1.82) is 0 Å². The molecule has 0 spiro atoms. The van der Waals surface area contributed by atoms with Crippen LogP contribution in [0.15, 0.2) is 18.2 Å². The lowest BCUT2D eigenvalue weighted by molar-refractivity contribution is -0.138. The average molecular weight is 397 g/mol. The lowest BCUT2D eigenvalue weighted by Crippen LogP contribution is -2.45. The number of methoxy groups -OCH3 is 1. The topological polar surface area (TPSA) is 81.5 Å². The van der Waals surface area contributed by atoms with E-state index in [-0.39, 0.29) is 11.8 Å². The van der Waals surface area contributed by atoms with Crippen LogP contribution in [-0.4, -0.2) is 58.9 Å². The predicted octanol–water partition coefficient (Wildman–Crippen LogP) is 1.35. The molecule has 2 aromatic rings. The van der Waals surface area contributed by atoms with Crippen LogP contribution >= 0.6 is 0 Å². The largest absolute Gasteiger partial charge is 0.493 e. The molecule has 5 rings (SSSR count). The predicted molar refractivity (Wildman–Crippen MR) is 106 cm³/mol. The third kappa shape index (κ3) is 3.35. The van der Waals surface area contributed by atoms with Crippen molar-refractivity contribution < 1.29 is 14.3 Å². The lowest BCUT2D eigenvalue weighted by atomic mass is 9.95. The molecular formula is C21H27N5O3. The minimum atomic E-state index is -0.173. The van der Waals surface area contributed by atoms with Gasteiger partial charge in [-0.25, -0.2) is 0 Å². The van der Waals surface area contributed by atoms with Crippen LogP contribution in [0, 0.1) is 5.92 Å². The average Bonchev–Trinajstić information content (AvgIpc) is 3.21. The van der Waals surface area contributed by atoms with Gasteiger partial charge in [0.1, 0.15) is 12.4 Å². The second-order valence-corrected chi connectivity index (χ2v) is 8.07. The Morgan fingerprint density at radius 2 is 2.10 bits per heavy atom. The van der Waals surface area contributed by atoms with E-state index in [9.17, 15) is 4.79 Å². The van der Waals surface area contributed by atoms with Gasteiger partial charge in [-0.1, -0.05) is 12.1 Å². The molecule has 0 radical (unpaired) electrons. The van der Waals surface area contributed by atoms with Gasteiger partial charge in [-0.3, -0.25) is 4.79 Å². The number of carbonyl (C=O) groups excluding carboxylic acids is 1. The smallest absolute Gasteiger partial charge is 0.229 e. The zero-order valence-electron chi connectivity index (χ0n) is 16.8. The summed E-state index contributed by atoms with van der Waals surface area (Å²) in [4.78, 5) is 15.1. The monoisotopic (exact) mass is 397 g/mol. The highest BCUT2D eigenvalue weighted by atomic mass is 16.5. The van der Waals surface area contributed by atoms with Crippen molar-refractivity contribution in [1.82, 2.24) is 25.0 Å². The van der Waals surface area contributed by atoms with Crippen LogP contribution in [-0.2, 0) is 24.3 Å². The summed E-state index contributed by atoms with van der Waals surface area (Å²) in [5.41, 5.74) is 1.03. The first-order chi connectivity index (χ1) is 14.2. The number of para-hydroxylation sites is 1. The first kappa shape index (κ1) is 18.4. The molecule has 3 aliphatic rings.